The zero-order chi connectivity index (χ0) is 23.1. The zero-order valence-corrected chi connectivity index (χ0v) is 19.0. The number of sulfonamides is 1. The van der Waals surface area contributed by atoms with Crippen LogP contribution < -0.4 is 24.2 Å². The summed E-state index contributed by atoms with van der Waals surface area (Å²) in [6, 6.07) is 16.0. The first-order chi connectivity index (χ1) is 15.4. The van der Waals surface area contributed by atoms with Crippen LogP contribution in [-0.2, 0) is 21.4 Å². The van der Waals surface area contributed by atoms with E-state index in [1.807, 2.05) is 36.4 Å². The number of ether oxygens (including phenoxy) is 3. The van der Waals surface area contributed by atoms with E-state index in [1.54, 1.807) is 7.11 Å². The van der Waals surface area contributed by atoms with Crippen molar-refractivity contribution in [3.8, 4) is 17.2 Å². The molecule has 8 nitrogen and oxygen atoms in total. The summed E-state index contributed by atoms with van der Waals surface area (Å²) in [5, 5.41) is 4.90. The average molecular weight is 459 g/mol. The first kappa shape index (κ1) is 23.4. The number of fused-ring (bicyclic) bond motifs is 1. The lowest BCUT2D eigenvalue weighted by atomic mass is 10.1. The number of amides is 1. The second-order valence-corrected chi connectivity index (χ2v) is 8.76. The minimum absolute atomic E-state index is 0.0112. The van der Waals surface area contributed by atoms with E-state index in [0.717, 1.165) is 22.1 Å². The SMILES string of the molecule is COc1ccc2cc(CNC(=O)CCNS(=O)(=O)c3ccc(OC)c(OC)c3)ccc2c1. The molecule has 32 heavy (non-hydrogen) atoms. The lowest BCUT2D eigenvalue weighted by molar-refractivity contribution is -0.121. The first-order valence-electron chi connectivity index (χ1n) is 9.91. The van der Waals surface area contributed by atoms with Crippen molar-refractivity contribution in [2.45, 2.75) is 17.9 Å². The maximum atomic E-state index is 12.5. The highest BCUT2D eigenvalue weighted by Crippen LogP contribution is 2.29. The van der Waals surface area contributed by atoms with Gasteiger partial charge in [0.15, 0.2) is 11.5 Å². The van der Waals surface area contributed by atoms with Gasteiger partial charge < -0.3 is 19.5 Å². The molecule has 0 aliphatic carbocycles. The maximum Gasteiger partial charge on any atom is 0.240 e. The molecule has 1 amide bonds. The molecular weight excluding hydrogens is 432 g/mol. The van der Waals surface area contributed by atoms with Crippen LogP contribution in [-0.4, -0.2) is 42.2 Å². The third kappa shape index (κ3) is 5.68. The number of carbonyl (C=O) groups is 1. The molecule has 0 heterocycles. The summed E-state index contributed by atoms with van der Waals surface area (Å²) in [6.07, 6.45) is 0.0112. The van der Waals surface area contributed by atoms with E-state index in [-0.39, 0.29) is 23.8 Å². The number of methoxy groups -OCH3 is 3. The zero-order valence-electron chi connectivity index (χ0n) is 18.2. The fraction of sp³-hybridized carbons (Fsp3) is 0.261. The molecule has 0 atom stereocenters. The molecule has 0 saturated carbocycles. The molecule has 2 N–H and O–H groups in total. The molecule has 0 saturated heterocycles. The van der Waals surface area contributed by atoms with Crippen molar-refractivity contribution in [2.24, 2.45) is 0 Å². The van der Waals surface area contributed by atoms with Gasteiger partial charge in [-0.15, -0.1) is 0 Å². The topological polar surface area (TPSA) is 103 Å². The van der Waals surface area contributed by atoms with Gasteiger partial charge in [0.05, 0.1) is 26.2 Å². The summed E-state index contributed by atoms with van der Waals surface area (Å²) in [5.41, 5.74) is 0.946. The summed E-state index contributed by atoms with van der Waals surface area (Å²) in [5.74, 6) is 1.27. The van der Waals surface area contributed by atoms with E-state index in [0.29, 0.717) is 18.0 Å². The van der Waals surface area contributed by atoms with Crippen molar-refractivity contribution in [3.05, 3.63) is 60.2 Å². The molecule has 0 unspecified atom stereocenters. The van der Waals surface area contributed by atoms with E-state index in [1.165, 1.54) is 32.4 Å². The van der Waals surface area contributed by atoms with Crippen LogP contribution in [0, 0.1) is 0 Å². The lowest BCUT2D eigenvalue weighted by Gasteiger charge is -2.11. The Hall–Kier alpha value is -3.30. The number of benzene rings is 3. The van der Waals surface area contributed by atoms with Gasteiger partial charge in [-0.2, -0.15) is 0 Å². The molecule has 0 aliphatic rings. The molecule has 0 aromatic heterocycles. The highest BCUT2D eigenvalue weighted by Gasteiger charge is 2.17. The van der Waals surface area contributed by atoms with E-state index in [9.17, 15) is 13.2 Å². The van der Waals surface area contributed by atoms with Crippen LogP contribution in [0.4, 0.5) is 0 Å². The van der Waals surface area contributed by atoms with Crippen LogP contribution in [0.2, 0.25) is 0 Å². The largest absolute Gasteiger partial charge is 0.497 e. The second kappa shape index (κ2) is 10.3. The van der Waals surface area contributed by atoms with Crippen molar-refractivity contribution >= 4 is 26.7 Å². The van der Waals surface area contributed by atoms with Crippen LogP contribution in [0.1, 0.15) is 12.0 Å². The fourth-order valence-corrected chi connectivity index (χ4v) is 4.21. The summed E-state index contributed by atoms with van der Waals surface area (Å²) in [4.78, 5) is 12.2. The van der Waals surface area contributed by atoms with Crippen LogP contribution in [0.25, 0.3) is 10.8 Å². The van der Waals surface area contributed by atoms with Gasteiger partial charge in [-0.3, -0.25) is 4.79 Å². The van der Waals surface area contributed by atoms with Crippen molar-refractivity contribution < 1.29 is 27.4 Å². The number of carbonyl (C=O) groups excluding carboxylic acids is 1. The molecule has 0 fully saturated rings. The predicted molar refractivity (Wildman–Crippen MR) is 122 cm³/mol. The van der Waals surface area contributed by atoms with Crippen molar-refractivity contribution in [1.82, 2.24) is 10.0 Å². The Kier molecular flexibility index (Phi) is 7.55. The number of hydrogen-bond acceptors (Lipinski definition) is 6. The maximum absolute atomic E-state index is 12.5. The number of rotatable bonds is 10. The Balaban J connectivity index is 1.52. The van der Waals surface area contributed by atoms with E-state index < -0.39 is 10.0 Å². The summed E-state index contributed by atoms with van der Waals surface area (Å²) >= 11 is 0. The molecule has 0 radical (unpaired) electrons. The van der Waals surface area contributed by atoms with Crippen molar-refractivity contribution in [3.63, 3.8) is 0 Å². The minimum Gasteiger partial charge on any atom is -0.497 e. The van der Waals surface area contributed by atoms with Crippen LogP contribution >= 0.6 is 0 Å². The van der Waals surface area contributed by atoms with Gasteiger partial charge >= 0.3 is 0 Å². The van der Waals surface area contributed by atoms with Gasteiger partial charge in [-0.25, -0.2) is 13.1 Å². The van der Waals surface area contributed by atoms with Crippen LogP contribution in [0.15, 0.2) is 59.5 Å². The van der Waals surface area contributed by atoms with Gasteiger partial charge in [0.25, 0.3) is 0 Å². The molecule has 3 aromatic rings. The van der Waals surface area contributed by atoms with Gasteiger partial charge in [0.2, 0.25) is 15.9 Å². The van der Waals surface area contributed by atoms with E-state index in [4.69, 9.17) is 14.2 Å². The van der Waals surface area contributed by atoms with Crippen LogP contribution in [0.5, 0.6) is 17.2 Å². The van der Waals surface area contributed by atoms with E-state index in [2.05, 4.69) is 10.0 Å². The molecule has 0 spiro atoms. The quantitative estimate of drug-likeness (QED) is 0.484. The average Bonchev–Trinajstić information content (AvgIpc) is 2.81. The lowest BCUT2D eigenvalue weighted by Crippen LogP contribution is -2.30. The standard InChI is InChI=1S/C23H26N2O6S/c1-29-19-7-6-17-12-16(4-5-18(17)13-19)15-24-23(26)10-11-25-32(27,28)20-8-9-21(30-2)22(14-20)31-3/h4-9,12-14,25H,10-11,15H2,1-3H3,(H,24,26). The summed E-state index contributed by atoms with van der Waals surface area (Å²) < 4.78 is 42.9. The second-order valence-electron chi connectivity index (χ2n) is 6.99. The summed E-state index contributed by atoms with van der Waals surface area (Å²) in [6.45, 7) is 0.323. The van der Waals surface area contributed by atoms with Gasteiger partial charge in [-0.05, 0) is 46.7 Å². The highest BCUT2D eigenvalue weighted by molar-refractivity contribution is 7.89. The summed E-state index contributed by atoms with van der Waals surface area (Å²) in [7, 11) is 0.737. The predicted octanol–water partition coefficient (Wildman–Crippen LogP) is 2.85. The molecule has 9 heteroatoms. The Bertz CT molecular complexity index is 1210. The fourth-order valence-electron chi connectivity index (χ4n) is 3.17. The Labute approximate surface area is 187 Å². The Morgan fingerprint density at radius 2 is 1.56 bits per heavy atom. The Morgan fingerprint density at radius 1 is 0.844 bits per heavy atom. The monoisotopic (exact) mass is 458 g/mol. The minimum atomic E-state index is -3.79. The normalized spacial score (nSPS) is 11.2. The van der Waals surface area contributed by atoms with Gasteiger partial charge in [-0.1, -0.05) is 18.2 Å². The molecule has 170 valence electrons. The third-order valence-corrected chi connectivity index (χ3v) is 6.37. The molecule has 3 aromatic carbocycles. The molecule has 0 aliphatic heterocycles. The van der Waals surface area contributed by atoms with Crippen molar-refractivity contribution in [1.29, 1.82) is 0 Å². The Morgan fingerprint density at radius 3 is 2.28 bits per heavy atom. The van der Waals surface area contributed by atoms with E-state index >= 15 is 0 Å². The number of hydrogen-bond donors (Lipinski definition) is 2. The molecular formula is C23H26N2O6S. The molecule has 0 bridgehead atoms. The molecule has 3 rings (SSSR count). The van der Waals surface area contributed by atoms with Crippen molar-refractivity contribution in [2.75, 3.05) is 27.9 Å². The van der Waals surface area contributed by atoms with Crippen LogP contribution in [0.3, 0.4) is 0 Å². The third-order valence-electron chi connectivity index (χ3n) is 4.91. The smallest absolute Gasteiger partial charge is 0.240 e. The highest BCUT2D eigenvalue weighted by atomic mass is 32.2. The number of nitrogens with one attached hydrogen (secondary N) is 2. The van der Waals surface area contributed by atoms with Gasteiger partial charge in [0, 0.05) is 25.6 Å². The first-order valence-corrected chi connectivity index (χ1v) is 11.4. The van der Waals surface area contributed by atoms with Gasteiger partial charge in [0.1, 0.15) is 5.75 Å².